The molecule has 0 saturated heterocycles. The minimum atomic E-state index is -1.23. The maximum absolute atomic E-state index is 5.12. The number of hydrogen-bond donors (Lipinski definition) is 0. The maximum atomic E-state index is 5.12. The van der Waals surface area contributed by atoms with Crippen LogP contribution in [0.25, 0.3) is 0 Å². The van der Waals surface area contributed by atoms with Gasteiger partial charge in [-0.1, -0.05) is 77.1 Å². The van der Waals surface area contributed by atoms with E-state index in [1.807, 2.05) is 36.4 Å². The molecule has 2 aromatic rings. The molecule has 0 aliphatic rings. The highest BCUT2D eigenvalue weighted by atomic mass is 127. The fourth-order valence-corrected chi connectivity index (χ4v) is 2.63. The van der Waals surface area contributed by atoms with Crippen molar-refractivity contribution in [3.05, 3.63) is 66.6 Å². The molecule has 0 unspecified atom stereocenters. The minimum absolute atomic E-state index is 1.10. The van der Waals surface area contributed by atoms with E-state index in [0.29, 0.717) is 0 Å². The SMILES string of the molecule is Brc1ccc(I)cc1.C#C[Si](C)(C)C.C[Si](C)(C)C#Cc1ccc(Br)cc1. The second-order valence-electron chi connectivity index (χ2n) is 7.84. The average Bonchev–Trinajstić information content (AvgIpc) is 2.57. The highest BCUT2D eigenvalue weighted by Crippen LogP contribution is 2.11. The summed E-state index contributed by atoms with van der Waals surface area (Å²) in [6, 6.07) is 16.3. The van der Waals surface area contributed by atoms with Crippen LogP contribution < -0.4 is 0 Å². The third-order valence-electron chi connectivity index (χ3n) is 2.66. The van der Waals surface area contributed by atoms with E-state index in [1.54, 1.807) is 0 Å². The molecule has 0 bridgehead atoms. The zero-order valence-corrected chi connectivity index (χ0v) is 24.2. The standard InChI is InChI=1S/C11H13BrSi.C6H4BrI.C5H10Si/c1-13(2,3)9-8-10-4-6-11(12)7-5-10;7-5-1-3-6(8)4-2-5;1-5-6(2,3)4/h4-7H,1-3H3;1-4H;1H,2-4H3. The lowest BCUT2D eigenvalue weighted by Crippen LogP contribution is -2.16. The van der Waals surface area contributed by atoms with E-state index in [9.17, 15) is 0 Å². The van der Waals surface area contributed by atoms with Crippen LogP contribution in [0.15, 0.2) is 57.5 Å². The van der Waals surface area contributed by atoms with Gasteiger partial charge in [-0.25, -0.2) is 0 Å². The first kappa shape index (κ1) is 26.7. The summed E-state index contributed by atoms with van der Waals surface area (Å²) in [5, 5.41) is 0. The number of halogens is 3. The van der Waals surface area contributed by atoms with Crippen LogP contribution in [0.2, 0.25) is 39.3 Å². The summed E-state index contributed by atoms with van der Waals surface area (Å²) in [7, 11) is -2.33. The van der Waals surface area contributed by atoms with Gasteiger partial charge >= 0.3 is 0 Å². The Bertz CT molecular complexity index is 761. The highest BCUT2D eigenvalue weighted by Gasteiger charge is 2.07. The van der Waals surface area contributed by atoms with E-state index in [1.165, 1.54) is 3.57 Å². The van der Waals surface area contributed by atoms with Crippen molar-refractivity contribution in [2.45, 2.75) is 39.3 Å². The van der Waals surface area contributed by atoms with Gasteiger partial charge in [-0.05, 0) is 71.1 Å². The summed E-state index contributed by atoms with van der Waals surface area (Å²) >= 11 is 9.01. The van der Waals surface area contributed by atoms with Crippen molar-refractivity contribution in [3.8, 4) is 23.4 Å². The van der Waals surface area contributed by atoms with E-state index in [-0.39, 0.29) is 0 Å². The van der Waals surface area contributed by atoms with Crippen LogP contribution in [0.4, 0.5) is 0 Å². The second-order valence-corrected chi connectivity index (χ2v) is 20.5. The molecule has 144 valence electrons. The molecule has 0 saturated carbocycles. The monoisotopic (exact) mass is 632 g/mol. The first-order valence-electron chi connectivity index (χ1n) is 8.50. The van der Waals surface area contributed by atoms with Gasteiger partial charge in [-0.15, -0.1) is 17.5 Å². The lowest BCUT2D eigenvalue weighted by atomic mass is 10.2. The van der Waals surface area contributed by atoms with E-state index in [2.05, 4.69) is 123 Å². The number of terminal acetylenes is 1. The van der Waals surface area contributed by atoms with Gasteiger partial charge in [0.15, 0.2) is 0 Å². The summed E-state index contributed by atoms with van der Waals surface area (Å²) in [6.07, 6.45) is 5.12. The second kappa shape index (κ2) is 13.0. The molecular formula is C22H27Br2ISi2. The van der Waals surface area contributed by atoms with Crippen LogP contribution in [0.3, 0.4) is 0 Å². The molecule has 27 heavy (non-hydrogen) atoms. The molecular weight excluding hydrogens is 607 g/mol. The van der Waals surface area contributed by atoms with Crippen LogP contribution in [0.5, 0.6) is 0 Å². The molecule has 0 aliphatic carbocycles. The molecule has 0 N–H and O–H groups in total. The smallest absolute Gasteiger partial charge is 0.129 e. The van der Waals surface area contributed by atoms with Crippen molar-refractivity contribution in [1.82, 2.24) is 0 Å². The number of hydrogen-bond acceptors (Lipinski definition) is 0. The van der Waals surface area contributed by atoms with E-state index in [0.717, 1.165) is 14.5 Å². The maximum Gasteiger partial charge on any atom is 0.129 e. The van der Waals surface area contributed by atoms with E-state index < -0.39 is 16.1 Å². The van der Waals surface area contributed by atoms with Crippen molar-refractivity contribution < 1.29 is 0 Å². The fraction of sp³-hybridized carbons (Fsp3) is 0.273. The Balaban J connectivity index is 0.000000413. The van der Waals surface area contributed by atoms with Crippen LogP contribution in [0, 0.1) is 27.0 Å². The molecule has 0 amide bonds. The average molecular weight is 634 g/mol. The summed E-state index contributed by atoms with van der Waals surface area (Å²) in [5.41, 5.74) is 7.18. The number of rotatable bonds is 0. The molecule has 0 nitrogen and oxygen atoms in total. The minimum Gasteiger partial charge on any atom is -0.135 e. The van der Waals surface area contributed by atoms with Crippen LogP contribution in [-0.2, 0) is 0 Å². The van der Waals surface area contributed by atoms with Gasteiger partial charge in [0.25, 0.3) is 0 Å². The molecule has 0 radical (unpaired) electrons. The molecule has 2 rings (SSSR count). The first-order chi connectivity index (χ1) is 12.3. The summed E-state index contributed by atoms with van der Waals surface area (Å²) in [4.78, 5) is 0. The summed E-state index contributed by atoms with van der Waals surface area (Å²) in [5.74, 6) is 3.20. The Morgan fingerprint density at radius 1 is 0.741 bits per heavy atom. The highest BCUT2D eigenvalue weighted by molar-refractivity contribution is 14.1. The van der Waals surface area contributed by atoms with Gasteiger partial charge in [0.2, 0.25) is 0 Å². The van der Waals surface area contributed by atoms with Crippen LogP contribution in [0.1, 0.15) is 5.56 Å². The van der Waals surface area contributed by atoms with E-state index >= 15 is 0 Å². The van der Waals surface area contributed by atoms with Crippen LogP contribution >= 0.6 is 54.5 Å². The normalized spacial score (nSPS) is 10.1. The lowest BCUT2D eigenvalue weighted by molar-refractivity contribution is 1.60. The quantitative estimate of drug-likeness (QED) is 0.156. The third-order valence-corrected chi connectivity index (χ3v) is 6.18. The van der Waals surface area contributed by atoms with Gasteiger partial charge in [0, 0.05) is 18.1 Å². The summed E-state index contributed by atoms with van der Waals surface area (Å²) < 4.78 is 3.51. The molecule has 0 aromatic heterocycles. The Labute approximate surface area is 198 Å². The Hall–Kier alpha value is -0.316. The molecule has 0 aliphatic heterocycles. The largest absolute Gasteiger partial charge is 0.135 e. The zero-order chi connectivity index (χ0) is 21.1. The van der Waals surface area contributed by atoms with Crippen molar-refractivity contribution in [1.29, 1.82) is 0 Å². The van der Waals surface area contributed by atoms with E-state index in [4.69, 9.17) is 6.42 Å². The van der Waals surface area contributed by atoms with Crippen molar-refractivity contribution in [3.63, 3.8) is 0 Å². The Morgan fingerprint density at radius 2 is 1.11 bits per heavy atom. The predicted molar refractivity (Wildman–Crippen MR) is 143 cm³/mol. The number of benzene rings is 2. The lowest BCUT2D eigenvalue weighted by Gasteiger charge is -2.03. The van der Waals surface area contributed by atoms with Crippen molar-refractivity contribution >= 4 is 70.6 Å². The molecule has 5 heteroatoms. The Kier molecular flexibility index (Phi) is 12.9. The van der Waals surface area contributed by atoms with Gasteiger partial charge in [0.1, 0.15) is 16.1 Å². The third kappa shape index (κ3) is 17.5. The van der Waals surface area contributed by atoms with Gasteiger partial charge in [0.05, 0.1) is 0 Å². The predicted octanol–water partition coefficient (Wildman–Crippen LogP) is 8.23. The first-order valence-corrected chi connectivity index (χ1v) is 18.2. The Morgan fingerprint density at radius 3 is 1.41 bits per heavy atom. The molecule has 0 fully saturated rings. The van der Waals surface area contributed by atoms with Gasteiger partial charge < -0.3 is 0 Å². The molecule has 0 heterocycles. The molecule has 2 aromatic carbocycles. The van der Waals surface area contributed by atoms with Crippen molar-refractivity contribution in [2.75, 3.05) is 0 Å². The van der Waals surface area contributed by atoms with Gasteiger partial charge in [-0.3, -0.25) is 0 Å². The molecule has 0 spiro atoms. The van der Waals surface area contributed by atoms with Gasteiger partial charge in [-0.2, -0.15) is 0 Å². The topological polar surface area (TPSA) is 0 Å². The van der Waals surface area contributed by atoms with Crippen molar-refractivity contribution in [2.24, 2.45) is 0 Å². The fourth-order valence-electron chi connectivity index (χ4n) is 1.22. The molecule has 0 atom stereocenters. The zero-order valence-electron chi connectivity index (χ0n) is 16.8. The summed E-state index contributed by atoms with van der Waals surface area (Å²) in [6.45, 7) is 13.2. The van der Waals surface area contributed by atoms with Crippen LogP contribution in [-0.4, -0.2) is 16.1 Å².